The number of carboxylic acid groups (broad SMARTS) is 1. The number of hydrogen-bond donors (Lipinski definition) is 6. The van der Waals surface area contributed by atoms with Crippen LogP contribution in [-0.4, -0.2) is 74.9 Å². The Kier molecular flexibility index (Phi) is 7.95. The highest BCUT2D eigenvalue weighted by atomic mass is 16.4. The van der Waals surface area contributed by atoms with Gasteiger partial charge in [-0.1, -0.05) is 0 Å². The number of carbonyl (C=O) groups excluding carboxylic acids is 2. The lowest BCUT2D eigenvalue weighted by Gasteiger charge is -2.28. The first kappa shape index (κ1) is 22.1. The van der Waals surface area contributed by atoms with Crippen molar-refractivity contribution in [1.82, 2.24) is 20.2 Å². The molecule has 12 nitrogen and oxygen atoms in total. The van der Waals surface area contributed by atoms with E-state index in [2.05, 4.69) is 20.3 Å². The average molecular weight is 408 g/mol. The quantitative estimate of drug-likeness (QED) is 0.143. The van der Waals surface area contributed by atoms with Crippen molar-refractivity contribution in [3.8, 4) is 0 Å². The summed E-state index contributed by atoms with van der Waals surface area (Å²) in [5, 5.41) is 12.0. The maximum absolute atomic E-state index is 13.0. The molecule has 0 aliphatic carbocycles. The zero-order valence-electron chi connectivity index (χ0n) is 16.1. The summed E-state index contributed by atoms with van der Waals surface area (Å²) in [6, 6.07) is -2.70. The van der Waals surface area contributed by atoms with Crippen molar-refractivity contribution in [2.24, 2.45) is 22.2 Å². The number of nitrogens with two attached hydrogens (primary N) is 3. The highest BCUT2D eigenvalue weighted by Gasteiger charge is 2.38. The van der Waals surface area contributed by atoms with Crippen LogP contribution in [-0.2, 0) is 20.8 Å². The van der Waals surface area contributed by atoms with Gasteiger partial charge in [0.05, 0.1) is 12.4 Å². The molecule has 2 rings (SSSR count). The Morgan fingerprint density at radius 2 is 2.17 bits per heavy atom. The molecule has 1 fully saturated rings. The van der Waals surface area contributed by atoms with Gasteiger partial charge in [-0.15, -0.1) is 0 Å². The monoisotopic (exact) mass is 408 g/mol. The van der Waals surface area contributed by atoms with Gasteiger partial charge >= 0.3 is 5.97 Å². The number of hydrogen-bond acceptors (Lipinski definition) is 6. The summed E-state index contributed by atoms with van der Waals surface area (Å²) in [6.45, 7) is 0.670. The van der Waals surface area contributed by atoms with E-state index >= 15 is 0 Å². The van der Waals surface area contributed by atoms with E-state index in [4.69, 9.17) is 17.2 Å². The molecular formula is C17H28N8O4. The standard InChI is InChI=1S/C17H28N8O4/c18-11(3-1-5-22-17(19)20)14(26)24-12(7-10-8-21-9-23-10)15(27)25-6-2-4-13(25)16(28)29/h8-9,11-13H,1-7,18H2,(H,21,23)(H,24,26)(H,28,29)(H4,19,20,22)/t11-,12-,13+/m0/s1. The van der Waals surface area contributed by atoms with Crippen LogP contribution in [0, 0.1) is 0 Å². The molecule has 9 N–H and O–H groups in total. The Balaban J connectivity index is 2.03. The van der Waals surface area contributed by atoms with Crippen LogP contribution in [0.3, 0.4) is 0 Å². The fourth-order valence-corrected chi connectivity index (χ4v) is 3.23. The number of aliphatic carboxylic acids is 1. The van der Waals surface area contributed by atoms with Crippen molar-refractivity contribution in [2.45, 2.75) is 50.2 Å². The lowest BCUT2D eigenvalue weighted by molar-refractivity contribution is -0.149. The minimum atomic E-state index is -1.06. The van der Waals surface area contributed by atoms with Gasteiger partial charge in [-0.05, 0) is 25.7 Å². The molecule has 0 aromatic carbocycles. The molecule has 3 atom stereocenters. The number of carboxylic acids is 1. The van der Waals surface area contributed by atoms with E-state index in [0.29, 0.717) is 44.5 Å². The summed E-state index contributed by atoms with van der Waals surface area (Å²) in [5.74, 6) is -2.05. The summed E-state index contributed by atoms with van der Waals surface area (Å²) in [5.41, 5.74) is 17.1. The van der Waals surface area contributed by atoms with Gasteiger partial charge in [0.1, 0.15) is 12.1 Å². The molecule has 0 radical (unpaired) electrons. The maximum Gasteiger partial charge on any atom is 0.326 e. The number of amides is 2. The smallest absolute Gasteiger partial charge is 0.326 e. The summed E-state index contributed by atoms with van der Waals surface area (Å²) in [6.07, 6.45) is 4.96. The SMILES string of the molecule is NC(N)=NCCC[C@H](N)C(=O)N[C@@H](Cc1cnc[nH]1)C(=O)N1CCC[C@@H]1C(=O)O. The van der Waals surface area contributed by atoms with E-state index in [1.54, 1.807) is 6.20 Å². The largest absolute Gasteiger partial charge is 0.480 e. The van der Waals surface area contributed by atoms with Crippen LogP contribution in [0.15, 0.2) is 17.5 Å². The second-order valence-electron chi connectivity index (χ2n) is 6.93. The summed E-state index contributed by atoms with van der Waals surface area (Å²) in [7, 11) is 0. The van der Waals surface area contributed by atoms with Crippen LogP contribution in [0.25, 0.3) is 0 Å². The molecule has 0 unspecified atom stereocenters. The van der Waals surface area contributed by atoms with E-state index in [9.17, 15) is 19.5 Å². The molecule has 12 heteroatoms. The zero-order valence-corrected chi connectivity index (χ0v) is 16.1. The first-order chi connectivity index (χ1) is 13.8. The van der Waals surface area contributed by atoms with Gasteiger partial charge in [0, 0.05) is 31.4 Å². The van der Waals surface area contributed by atoms with Crippen LogP contribution in [0.5, 0.6) is 0 Å². The topological polar surface area (TPSA) is 206 Å². The Hall–Kier alpha value is -3.15. The highest BCUT2D eigenvalue weighted by molar-refractivity contribution is 5.92. The zero-order chi connectivity index (χ0) is 21.4. The molecule has 29 heavy (non-hydrogen) atoms. The number of carbonyl (C=O) groups is 3. The van der Waals surface area contributed by atoms with Gasteiger partial charge in [0.25, 0.3) is 0 Å². The Bertz CT molecular complexity index is 732. The number of guanidine groups is 1. The van der Waals surface area contributed by atoms with Crippen LogP contribution >= 0.6 is 0 Å². The van der Waals surface area contributed by atoms with E-state index in [-0.39, 0.29) is 12.4 Å². The molecule has 2 heterocycles. The fourth-order valence-electron chi connectivity index (χ4n) is 3.23. The third-order valence-corrected chi connectivity index (χ3v) is 4.72. The molecule has 0 spiro atoms. The predicted molar refractivity (Wildman–Crippen MR) is 104 cm³/mol. The summed E-state index contributed by atoms with van der Waals surface area (Å²) in [4.78, 5) is 48.9. The lowest BCUT2D eigenvalue weighted by atomic mass is 10.1. The molecule has 1 aromatic rings. The molecule has 0 bridgehead atoms. The number of aliphatic imine (C=N–C) groups is 1. The Morgan fingerprint density at radius 3 is 2.79 bits per heavy atom. The number of aromatic amines is 1. The lowest BCUT2D eigenvalue weighted by Crippen LogP contribution is -2.55. The van der Waals surface area contributed by atoms with Gasteiger partial charge in [-0.25, -0.2) is 9.78 Å². The Labute approximate surface area is 167 Å². The van der Waals surface area contributed by atoms with Crippen molar-refractivity contribution in [2.75, 3.05) is 13.1 Å². The summed E-state index contributed by atoms with van der Waals surface area (Å²) < 4.78 is 0. The molecule has 2 amide bonds. The van der Waals surface area contributed by atoms with Crippen molar-refractivity contribution < 1.29 is 19.5 Å². The van der Waals surface area contributed by atoms with Crippen molar-refractivity contribution in [1.29, 1.82) is 0 Å². The van der Waals surface area contributed by atoms with E-state index < -0.39 is 35.9 Å². The number of nitrogens with zero attached hydrogens (tertiary/aromatic N) is 3. The Morgan fingerprint density at radius 1 is 1.41 bits per heavy atom. The van der Waals surface area contributed by atoms with Crippen molar-refractivity contribution in [3.05, 3.63) is 18.2 Å². The maximum atomic E-state index is 13.0. The summed E-state index contributed by atoms with van der Waals surface area (Å²) >= 11 is 0. The number of likely N-dealkylation sites (tertiary alicyclic amines) is 1. The predicted octanol–water partition coefficient (Wildman–Crippen LogP) is -2.11. The molecule has 1 saturated heterocycles. The van der Waals surface area contributed by atoms with Gasteiger partial charge in [-0.3, -0.25) is 14.6 Å². The number of imidazole rings is 1. The second-order valence-corrected chi connectivity index (χ2v) is 6.93. The number of aromatic nitrogens is 2. The molecule has 1 aliphatic heterocycles. The van der Waals surface area contributed by atoms with E-state index in [1.165, 1.54) is 11.2 Å². The molecule has 0 saturated carbocycles. The van der Waals surface area contributed by atoms with Gasteiger partial charge in [0.2, 0.25) is 11.8 Å². The minimum absolute atomic E-state index is 0.0353. The van der Waals surface area contributed by atoms with Crippen LogP contribution in [0.4, 0.5) is 0 Å². The van der Waals surface area contributed by atoms with Crippen LogP contribution in [0.2, 0.25) is 0 Å². The van der Waals surface area contributed by atoms with Crippen molar-refractivity contribution >= 4 is 23.7 Å². The van der Waals surface area contributed by atoms with Gasteiger partial charge in [-0.2, -0.15) is 0 Å². The molecule has 160 valence electrons. The molecular weight excluding hydrogens is 380 g/mol. The third-order valence-electron chi connectivity index (χ3n) is 4.72. The third kappa shape index (κ3) is 6.45. The van der Waals surface area contributed by atoms with E-state index in [1.807, 2.05) is 0 Å². The highest BCUT2D eigenvalue weighted by Crippen LogP contribution is 2.19. The average Bonchev–Trinajstić information content (AvgIpc) is 3.35. The van der Waals surface area contributed by atoms with E-state index in [0.717, 1.165) is 0 Å². The molecule has 1 aromatic heterocycles. The van der Waals surface area contributed by atoms with Gasteiger partial charge in [0.15, 0.2) is 5.96 Å². The second kappa shape index (κ2) is 10.4. The first-order valence-corrected chi connectivity index (χ1v) is 9.41. The fraction of sp³-hybridized carbons (Fsp3) is 0.588. The number of H-pyrrole nitrogens is 1. The van der Waals surface area contributed by atoms with Crippen molar-refractivity contribution in [3.63, 3.8) is 0 Å². The molecule has 1 aliphatic rings. The van der Waals surface area contributed by atoms with Crippen LogP contribution < -0.4 is 22.5 Å². The minimum Gasteiger partial charge on any atom is -0.480 e. The number of nitrogens with one attached hydrogen (secondary N) is 2. The normalized spacial score (nSPS) is 18.1. The first-order valence-electron chi connectivity index (χ1n) is 9.41. The number of rotatable bonds is 10. The van der Waals surface area contributed by atoms with Gasteiger partial charge < -0.3 is 37.5 Å². The van der Waals surface area contributed by atoms with Crippen LogP contribution in [0.1, 0.15) is 31.4 Å².